The van der Waals surface area contributed by atoms with Crippen LogP contribution in [0.5, 0.6) is 0 Å². The average molecular weight is 376 g/mol. The van der Waals surface area contributed by atoms with E-state index < -0.39 is 11.5 Å². The van der Waals surface area contributed by atoms with Gasteiger partial charge in [-0.1, -0.05) is 15.9 Å². The summed E-state index contributed by atoms with van der Waals surface area (Å²) >= 11 is 3.36. The zero-order chi connectivity index (χ0) is 14.7. The van der Waals surface area contributed by atoms with Crippen LogP contribution in [-0.2, 0) is 0 Å². The van der Waals surface area contributed by atoms with Gasteiger partial charge in [0.1, 0.15) is 11.1 Å². The SMILES string of the molecule is Cc1c(C(=O)NCCCN)c(=O)oc2ccc(Br)cc12.Cl. The summed E-state index contributed by atoms with van der Waals surface area (Å²) in [7, 11) is 0. The van der Waals surface area contributed by atoms with Gasteiger partial charge in [-0.15, -0.1) is 12.4 Å². The maximum Gasteiger partial charge on any atom is 0.349 e. The van der Waals surface area contributed by atoms with E-state index in [1.165, 1.54) is 0 Å². The van der Waals surface area contributed by atoms with Crippen molar-refractivity contribution in [2.24, 2.45) is 5.73 Å². The zero-order valence-corrected chi connectivity index (χ0v) is 13.8. The highest BCUT2D eigenvalue weighted by atomic mass is 79.9. The van der Waals surface area contributed by atoms with Gasteiger partial charge in [0, 0.05) is 16.4 Å². The van der Waals surface area contributed by atoms with Crippen molar-refractivity contribution in [3.05, 3.63) is 44.2 Å². The van der Waals surface area contributed by atoms with Crippen LogP contribution in [0.2, 0.25) is 0 Å². The van der Waals surface area contributed by atoms with Gasteiger partial charge in [0.15, 0.2) is 0 Å². The lowest BCUT2D eigenvalue weighted by Gasteiger charge is -2.08. The van der Waals surface area contributed by atoms with Gasteiger partial charge in [-0.2, -0.15) is 0 Å². The molecule has 2 rings (SSSR count). The quantitative estimate of drug-likeness (QED) is 0.634. The van der Waals surface area contributed by atoms with Gasteiger partial charge >= 0.3 is 5.63 Å². The molecule has 0 fully saturated rings. The Balaban J connectivity index is 0.00000220. The molecular weight excluding hydrogens is 360 g/mol. The average Bonchev–Trinajstić information content (AvgIpc) is 2.40. The molecule has 1 amide bonds. The number of carbonyl (C=O) groups is 1. The Labute approximate surface area is 136 Å². The molecule has 0 spiro atoms. The number of nitrogens with two attached hydrogens (primary N) is 1. The van der Waals surface area contributed by atoms with Crippen molar-refractivity contribution in [2.75, 3.05) is 13.1 Å². The molecule has 114 valence electrons. The van der Waals surface area contributed by atoms with Crippen LogP contribution < -0.4 is 16.7 Å². The van der Waals surface area contributed by atoms with E-state index in [0.29, 0.717) is 30.7 Å². The summed E-state index contributed by atoms with van der Waals surface area (Å²) in [5.41, 5.74) is 5.87. The van der Waals surface area contributed by atoms with E-state index in [9.17, 15) is 9.59 Å². The first-order valence-electron chi connectivity index (χ1n) is 6.26. The molecular formula is C14H16BrClN2O3. The molecule has 5 nitrogen and oxygen atoms in total. The second-order valence-electron chi connectivity index (χ2n) is 4.43. The van der Waals surface area contributed by atoms with Gasteiger partial charge in [0.25, 0.3) is 5.91 Å². The maximum atomic E-state index is 12.1. The third-order valence-corrected chi connectivity index (χ3v) is 3.51. The molecule has 2 aromatic rings. The summed E-state index contributed by atoms with van der Waals surface area (Å²) in [6.45, 7) is 2.66. The molecule has 3 N–H and O–H groups in total. The van der Waals surface area contributed by atoms with Crippen LogP contribution in [0.1, 0.15) is 22.3 Å². The van der Waals surface area contributed by atoms with Crippen molar-refractivity contribution < 1.29 is 9.21 Å². The van der Waals surface area contributed by atoms with Crippen molar-refractivity contribution in [1.29, 1.82) is 0 Å². The summed E-state index contributed by atoms with van der Waals surface area (Å²) < 4.78 is 6.05. The Kier molecular flexibility index (Phi) is 6.39. The minimum absolute atomic E-state index is 0. The molecule has 0 aliphatic carbocycles. The van der Waals surface area contributed by atoms with Crippen molar-refractivity contribution >= 4 is 45.2 Å². The number of fused-ring (bicyclic) bond motifs is 1. The second-order valence-corrected chi connectivity index (χ2v) is 5.34. The fraction of sp³-hybridized carbons (Fsp3) is 0.286. The van der Waals surface area contributed by atoms with Gasteiger partial charge in [-0.3, -0.25) is 4.79 Å². The number of hydrogen-bond acceptors (Lipinski definition) is 4. The van der Waals surface area contributed by atoms with E-state index >= 15 is 0 Å². The normalized spacial score (nSPS) is 10.2. The Morgan fingerprint density at radius 1 is 1.43 bits per heavy atom. The number of rotatable bonds is 4. The van der Waals surface area contributed by atoms with Crippen LogP contribution >= 0.6 is 28.3 Å². The van der Waals surface area contributed by atoms with Gasteiger partial charge in [0.2, 0.25) is 0 Å². The number of nitrogens with one attached hydrogen (secondary N) is 1. The lowest BCUT2D eigenvalue weighted by atomic mass is 10.1. The number of amides is 1. The predicted octanol–water partition coefficient (Wildman–Crippen LogP) is 2.36. The minimum Gasteiger partial charge on any atom is -0.422 e. The second kappa shape index (κ2) is 7.59. The van der Waals surface area contributed by atoms with Crippen LogP contribution in [0.15, 0.2) is 31.9 Å². The summed E-state index contributed by atoms with van der Waals surface area (Å²) in [4.78, 5) is 24.0. The fourth-order valence-corrected chi connectivity index (χ4v) is 2.34. The first kappa shape index (κ1) is 17.7. The predicted molar refractivity (Wildman–Crippen MR) is 88.2 cm³/mol. The fourth-order valence-electron chi connectivity index (χ4n) is 1.98. The minimum atomic E-state index is -0.623. The summed E-state index contributed by atoms with van der Waals surface area (Å²) in [6.07, 6.45) is 0.662. The zero-order valence-electron chi connectivity index (χ0n) is 11.4. The number of aryl methyl sites for hydroxylation is 1. The molecule has 1 heterocycles. The standard InChI is InChI=1S/C14H15BrN2O3.ClH/c1-8-10-7-9(15)3-4-11(10)20-14(19)12(8)13(18)17-6-2-5-16;/h3-4,7H,2,5-6,16H2,1H3,(H,17,18);1H. The summed E-state index contributed by atoms with van der Waals surface area (Å²) in [5.74, 6) is -0.424. The van der Waals surface area contributed by atoms with Crippen LogP contribution in [0, 0.1) is 6.92 Å². The van der Waals surface area contributed by atoms with E-state index in [1.807, 2.05) is 6.07 Å². The van der Waals surface area contributed by atoms with Gasteiger partial charge in [-0.25, -0.2) is 4.79 Å². The highest BCUT2D eigenvalue weighted by Gasteiger charge is 2.18. The molecule has 0 unspecified atom stereocenters. The van der Waals surface area contributed by atoms with E-state index in [1.54, 1.807) is 19.1 Å². The Morgan fingerprint density at radius 3 is 2.81 bits per heavy atom. The molecule has 0 bridgehead atoms. The molecule has 0 aliphatic rings. The molecule has 7 heteroatoms. The number of benzene rings is 1. The molecule has 0 radical (unpaired) electrons. The summed E-state index contributed by atoms with van der Waals surface area (Å²) in [5, 5.41) is 3.41. The van der Waals surface area contributed by atoms with Gasteiger partial charge < -0.3 is 15.5 Å². The summed E-state index contributed by atoms with van der Waals surface area (Å²) in [6, 6.07) is 5.31. The molecule has 0 atom stereocenters. The monoisotopic (exact) mass is 374 g/mol. The van der Waals surface area contributed by atoms with Crippen molar-refractivity contribution in [1.82, 2.24) is 5.32 Å². The molecule has 1 aromatic heterocycles. The lowest BCUT2D eigenvalue weighted by molar-refractivity contribution is 0.0949. The Bertz CT molecular complexity index is 715. The maximum absolute atomic E-state index is 12.1. The third kappa shape index (κ3) is 3.84. The third-order valence-electron chi connectivity index (χ3n) is 3.02. The van der Waals surface area contributed by atoms with Crippen molar-refractivity contribution in [3.63, 3.8) is 0 Å². The number of halogens is 2. The van der Waals surface area contributed by atoms with Crippen molar-refractivity contribution in [2.45, 2.75) is 13.3 Å². The molecule has 0 saturated heterocycles. The van der Waals surface area contributed by atoms with E-state index in [2.05, 4.69) is 21.2 Å². The highest BCUT2D eigenvalue weighted by Crippen LogP contribution is 2.23. The van der Waals surface area contributed by atoms with E-state index in [-0.39, 0.29) is 18.0 Å². The van der Waals surface area contributed by atoms with Crippen LogP contribution in [0.3, 0.4) is 0 Å². The highest BCUT2D eigenvalue weighted by molar-refractivity contribution is 9.10. The molecule has 0 saturated carbocycles. The van der Waals surface area contributed by atoms with Gasteiger partial charge in [-0.05, 0) is 43.7 Å². The van der Waals surface area contributed by atoms with Crippen LogP contribution in [0.25, 0.3) is 11.0 Å². The smallest absolute Gasteiger partial charge is 0.349 e. The molecule has 0 aliphatic heterocycles. The molecule has 1 aromatic carbocycles. The number of carbonyl (C=O) groups excluding carboxylic acids is 1. The van der Waals surface area contributed by atoms with Crippen LogP contribution in [-0.4, -0.2) is 19.0 Å². The Hall–Kier alpha value is -1.37. The van der Waals surface area contributed by atoms with Gasteiger partial charge in [0.05, 0.1) is 0 Å². The van der Waals surface area contributed by atoms with Crippen LogP contribution in [0.4, 0.5) is 0 Å². The van der Waals surface area contributed by atoms with E-state index in [0.717, 1.165) is 9.86 Å². The first-order chi connectivity index (χ1) is 9.54. The first-order valence-corrected chi connectivity index (χ1v) is 7.05. The van der Waals surface area contributed by atoms with E-state index in [4.69, 9.17) is 10.2 Å². The topological polar surface area (TPSA) is 85.3 Å². The Morgan fingerprint density at radius 2 is 2.14 bits per heavy atom. The number of hydrogen-bond donors (Lipinski definition) is 2. The largest absolute Gasteiger partial charge is 0.422 e. The lowest BCUT2D eigenvalue weighted by Crippen LogP contribution is -2.31. The molecule has 21 heavy (non-hydrogen) atoms. The van der Waals surface area contributed by atoms with Crippen molar-refractivity contribution in [3.8, 4) is 0 Å².